The molecule has 0 saturated carbocycles. The third-order valence-corrected chi connectivity index (χ3v) is 7.22. The Kier molecular flexibility index (Phi) is 5.26. The standard InChI is InChI=1S/C31H27N5O/c1-18-8-6-7-9-26(18)25-16-32-31(33-17-25)35-11-10-27-22(5)34-36(29(27)30(35)37)28-15-24-13-20(3)19(2)12-23(24)14-21(28)4/h6-17H,1-5H3. The molecule has 0 aliphatic carbocycles. The molecule has 6 heteroatoms. The predicted molar refractivity (Wildman–Crippen MR) is 149 cm³/mol. The van der Waals surface area contributed by atoms with Gasteiger partial charge in [0.2, 0.25) is 5.95 Å². The summed E-state index contributed by atoms with van der Waals surface area (Å²) in [6, 6.07) is 18.7. The summed E-state index contributed by atoms with van der Waals surface area (Å²) >= 11 is 0. The van der Waals surface area contributed by atoms with Crippen molar-refractivity contribution in [2.75, 3.05) is 0 Å². The fourth-order valence-electron chi connectivity index (χ4n) is 5.00. The van der Waals surface area contributed by atoms with E-state index in [-0.39, 0.29) is 5.56 Å². The van der Waals surface area contributed by atoms with Gasteiger partial charge in [-0.2, -0.15) is 5.10 Å². The normalized spacial score (nSPS) is 11.5. The van der Waals surface area contributed by atoms with E-state index in [9.17, 15) is 4.79 Å². The van der Waals surface area contributed by atoms with Gasteiger partial charge in [0.05, 0.1) is 11.4 Å². The van der Waals surface area contributed by atoms with Crippen LogP contribution in [0.4, 0.5) is 0 Å². The molecule has 6 nitrogen and oxygen atoms in total. The number of aromatic nitrogens is 5. The molecule has 0 aliphatic rings. The van der Waals surface area contributed by atoms with Crippen molar-refractivity contribution in [3.05, 3.63) is 111 Å². The molecule has 0 unspecified atom stereocenters. The molecule has 0 fully saturated rings. The van der Waals surface area contributed by atoms with E-state index in [2.05, 4.69) is 68.0 Å². The zero-order chi connectivity index (χ0) is 25.8. The molecular weight excluding hydrogens is 458 g/mol. The van der Waals surface area contributed by atoms with Crippen LogP contribution in [0.25, 0.3) is 44.4 Å². The van der Waals surface area contributed by atoms with Gasteiger partial charge in [-0.3, -0.25) is 9.36 Å². The lowest BCUT2D eigenvalue weighted by Gasteiger charge is -2.12. The monoisotopic (exact) mass is 485 g/mol. The molecule has 0 radical (unpaired) electrons. The van der Waals surface area contributed by atoms with E-state index in [1.807, 2.05) is 31.2 Å². The van der Waals surface area contributed by atoms with Gasteiger partial charge in [-0.1, -0.05) is 36.4 Å². The van der Waals surface area contributed by atoms with Crippen LogP contribution in [-0.4, -0.2) is 24.3 Å². The van der Waals surface area contributed by atoms with Crippen molar-refractivity contribution >= 4 is 21.7 Å². The second-order valence-corrected chi connectivity index (χ2v) is 9.76. The van der Waals surface area contributed by atoms with Crippen LogP contribution >= 0.6 is 0 Å². The van der Waals surface area contributed by atoms with Crippen molar-refractivity contribution in [3.8, 4) is 22.8 Å². The number of fused-ring (bicyclic) bond motifs is 2. The molecule has 37 heavy (non-hydrogen) atoms. The lowest BCUT2D eigenvalue weighted by Crippen LogP contribution is -2.22. The second kappa shape index (κ2) is 8.52. The molecule has 3 aromatic carbocycles. The van der Waals surface area contributed by atoms with E-state index in [0.29, 0.717) is 11.5 Å². The van der Waals surface area contributed by atoms with Crippen molar-refractivity contribution in [1.82, 2.24) is 24.3 Å². The highest BCUT2D eigenvalue weighted by Gasteiger charge is 2.18. The summed E-state index contributed by atoms with van der Waals surface area (Å²) in [6.45, 7) is 10.3. The molecule has 3 aromatic heterocycles. The lowest BCUT2D eigenvalue weighted by molar-refractivity contribution is 0.855. The molecule has 6 aromatic rings. The van der Waals surface area contributed by atoms with E-state index in [0.717, 1.165) is 44.4 Å². The lowest BCUT2D eigenvalue weighted by atomic mass is 10.00. The summed E-state index contributed by atoms with van der Waals surface area (Å²) in [4.78, 5) is 22.9. The SMILES string of the molecule is Cc1cc2cc(C)c(-n3nc(C)c4ccn(-c5ncc(-c6ccccc6C)cn5)c(=O)c43)cc2cc1C. The molecule has 0 spiro atoms. The molecule has 0 aliphatic heterocycles. The van der Waals surface area contributed by atoms with E-state index in [4.69, 9.17) is 5.10 Å². The molecule has 0 bridgehead atoms. The molecule has 0 saturated heterocycles. The Balaban J connectivity index is 1.51. The Morgan fingerprint density at radius 1 is 0.730 bits per heavy atom. The van der Waals surface area contributed by atoms with E-state index in [1.54, 1.807) is 23.3 Å². The van der Waals surface area contributed by atoms with Gasteiger partial charge in [0.1, 0.15) is 5.52 Å². The Morgan fingerprint density at radius 3 is 2.08 bits per heavy atom. The fraction of sp³-hybridized carbons (Fsp3) is 0.161. The minimum Gasteiger partial charge on any atom is -0.266 e. The maximum atomic E-state index is 13.8. The third-order valence-electron chi connectivity index (χ3n) is 7.22. The van der Waals surface area contributed by atoms with Crippen LogP contribution in [0.1, 0.15) is 27.9 Å². The highest BCUT2D eigenvalue weighted by Crippen LogP contribution is 2.28. The number of nitrogens with zero attached hydrogens (tertiary/aromatic N) is 5. The van der Waals surface area contributed by atoms with Crippen molar-refractivity contribution in [3.63, 3.8) is 0 Å². The Hall–Kier alpha value is -4.58. The van der Waals surface area contributed by atoms with Gasteiger partial charge in [-0.05, 0) is 91.4 Å². The first-order chi connectivity index (χ1) is 17.8. The largest absolute Gasteiger partial charge is 0.284 e. The summed E-state index contributed by atoms with van der Waals surface area (Å²) in [5, 5.41) is 7.91. The van der Waals surface area contributed by atoms with Crippen LogP contribution in [0.2, 0.25) is 0 Å². The quantitative estimate of drug-likeness (QED) is 0.294. The maximum absolute atomic E-state index is 13.8. The minimum absolute atomic E-state index is 0.207. The predicted octanol–water partition coefficient (Wildman–Crippen LogP) is 6.33. The summed E-state index contributed by atoms with van der Waals surface area (Å²) < 4.78 is 3.26. The molecule has 0 atom stereocenters. The number of rotatable bonds is 3. The van der Waals surface area contributed by atoms with Crippen LogP contribution in [-0.2, 0) is 0 Å². The van der Waals surface area contributed by atoms with Gasteiger partial charge < -0.3 is 0 Å². The third kappa shape index (κ3) is 3.73. The molecular formula is C31H27N5O. The fourth-order valence-corrected chi connectivity index (χ4v) is 5.00. The van der Waals surface area contributed by atoms with Crippen LogP contribution in [0.5, 0.6) is 0 Å². The summed E-state index contributed by atoms with van der Waals surface area (Å²) in [5.74, 6) is 0.330. The smallest absolute Gasteiger partial charge is 0.266 e. The van der Waals surface area contributed by atoms with Crippen LogP contribution < -0.4 is 5.56 Å². The first-order valence-corrected chi connectivity index (χ1v) is 12.3. The average molecular weight is 486 g/mol. The Bertz CT molecular complexity index is 1890. The number of hydrogen-bond acceptors (Lipinski definition) is 4. The second-order valence-electron chi connectivity index (χ2n) is 9.76. The molecule has 182 valence electrons. The van der Waals surface area contributed by atoms with E-state index < -0.39 is 0 Å². The van der Waals surface area contributed by atoms with Gasteiger partial charge in [-0.15, -0.1) is 0 Å². The number of hydrogen-bond donors (Lipinski definition) is 0. The van der Waals surface area contributed by atoms with Gasteiger partial charge in [0.15, 0.2) is 0 Å². The Labute approximate surface area is 214 Å². The van der Waals surface area contributed by atoms with Gasteiger partial charge in [0, 0.05) is 29.5 Å². The zero-order valence-electron chi connectivity index (χ0n) is 21.6. The van der Waals surface area contributed by atoms with Gasteiger partial charge >= 0.3 is 0 Å². The first kappa shape index (κ1) is 22.9. The van der Waals surface area contributed by atoms with Crippen molar-refractivity contribution in [1.29, 1.82) is 0 Å². The summed E-state index contributed by atoms with van der Waals surface area (Å²) in [6.07, 6.45) is 5.26. The van der Waals surface area contributed by atoms with Crippen LogP contribution in [0.15, 0.2) is 78.0 Å². The average Bonchev–Trinajstić information content (AvgIpc) is 3.22. The van der Waals surface area contributed by atoms with Gasteiger partial charge in [-0.25, -0.2) is 14.6 Å². The summed E-state index contributed by atoms with van der Waals surface area (Å²) in [7, 11) is 0. The van der Waals surface area contributed by atoms with Crippen molar-refractivity contribution < 1.29 is 0 Å². The van der Waals surface area contributed by atoms with Crippen LogP contribution in [0.3, 0.4) is 0 Å². The number of aryl methyl sites for hydroxylation is 5. The maximum Gasteiger partial charge on any atom is 0.284 e. The highest BCUT2D eigenvalue weighted by molar-refractivity contribution is 5.89. The Morgan fingerprint density at radius 2 is 1.38 bits per heavy atom. The highest BCUT2D eigenvalue weighted by atomic mass is 16.1. The zero-order valence-corrected chi connectivity index (χ0v) is 21.6. The van der Waals surface area contributed by atoms with Gasteiger partial charge in [0.25, 0.3) is 5.56 Å². The number of pyridine rings is 1. The van der Waals surface area contributed by atoms with E-state index >= 15 is 0 Å². The number of benzene rings is 3. The minimum atomic E-state index is -0.207. The summed E-state index contributed by atoms with van der Waals surface area (Å²) in [5.41, 5.74) is 8.67. The topological polar surface area (TPSA) is 65.6 Å². The molecule has 0 amide bonds. The van der Waals surface area contributed by atoms with Crippen molar-refractivity contribution in [2.24, 2.45) is 0 Å². The first-order valence-electron chi connectivity index (χ1n) is 12.3. The molecule has 0 N–H and O–H groups in total. The van der Waals surface area contributed by atoms with Crippen LogP contribution in [0, 0.1) is 34.6 Å². The molecule has 6 rings (SSSR count). The van der Waals surface area contributed by atoms with Crippen molar-refractivity contribution in [2.45, 2.75) is 34.6 Å². The van der Waals surface area contributed by atoms with E-state index in [1.165, 1.54) is 21.1 Å². The molecule has 3 heterocycles.